The Labute approximate surface area is 113 Å². The van der Waals surface area contributed by atoms with Gasteiger partial charge in [-0.3, -0.25) is 4.90 Å². The standard InChI is InChI=1S/C14H22F2N2O/c1-10(2)19-7-6-18(3)14(9-17)12-8-11(15)4-5-13(12)16/h4-5,8,10,14H,6-7,9,17H2,1-3H3. The van der Waals surface area contributed by atoms with Gasteiger partial charge >= 0.3 is 0 Å². The van der Waals surface area contributed by atoms with Crippen molar-refractivity contribution >= 4 is 0 Å². The molecule has 0 amide bonds. The fraction of sp³-hybridized carbons (Fsp3) is 0.571. The zero-order chi connectivity index (χ0) is 14.4. The summed E-state index contributed by atoms with van der Waals surface area (Å²) in [4.78, 5) is 1.88. The molecule has 0 fully saturated rings. The van der Waals surface area contributed by atoms with E-state index in [4.69, 9.17) is 10.5 Å². The molecule has 0 aliphatic rings. The van der Waals surface area contributed by atoms with E-state index in [9.17, 15) is 8.78 Å². The van der Waals surface area contributed by atoms with Gasteiger partial charge in [0, 0.05) is 24.7 Å². The second kappa shape index (κ2) is 7.53. The maximum Gasteiger partial charge on any atom is 0.128 e. The molecule has 1 atom stereocenters. The Kier molecular flexibility index (Phi) is 6.34. The van der Waals surface area contributed by atoms with Gasteiger partial charge in [-0.2, -0.15) is 0 Å². The summed E-state index contributed by atoms with van der Waals surface area (Å²) in [7, 11) is 1.82. The van der Waals surface area contributed by atoms with Gasteiger partial charge in [0.25, 0.3) is 0 Å². The average Bonchev–Trinajstić information content (AvgIpc) is 2.34. The molecule has 0 saturated heterocycles. The van der Waals surface area contributed by atoms with E-state index in [1.165, 1.54) is 6.07 Å². The molecule has 0 saturated carbocycles. The topological polar surface area (TPSA) is 38.5 Å². The van der Waals surface area contributed by atoms with Gasteiger partial charge in [0.1, 0.15) is 11.6 Å². The van der Waals surface area contributed by atoms with Crippen molar-refractivity contribution in [1.82, 2.24) is 4.90 Å². The number of halogens is 2. The van der Waals surface area contributed by atoms with E-state index in [1.54, 1.807) is 0 Å². The van der Waals surface area contributed by atoms with Crippen LogP contribution in [0.15, 0.2) is 18.2 Å². The first kappa shape index (κ1) is 16.0. The lowest BCUT2D eigenvalue weighted by atomic mass is 10.0. The Morgan fingerprint density at radius 1 is 1.32 bits per heavy atom. The zero-order valence-corrected chi connectivity index (χ0v) is 11.7. The highest BCUT2D eigenvalue weighted by molar-refractivity contribution is 5.22. The molecule has 1 aromatic rings. The maximum absolute atomic E-state index is 13.7. The van der Waals surface area contributed by atoms with Crippen LogP contribution in [0.4, 0.5) is 8.78 Å². The molecule has 1 rings (SSSR count). The minimum atomic E-state index is -0.457. The second-order valence-corrected chi connectivity index (χ2v) is 4.82. The normalized spacial score (nSPS) is 13.3. The molecule has 2 N–H and O–H groups in total. The van der Waals surface area contributed by atoms with Crippen molar-refractivity contribution in [1.29, 1.82) is 0 Å². The Balaban J connectivity index is 2.73. The molecule has 3 nitrogen and oxygen atoms in total. The Hall–Kier alpha value is -1.04. The van der Waals surface area contributed by atoms with Gasteiger partial charge in [-0.1, -0.05) is 0 Å². The minimum absolute atomic E-state index is 0.149. The van der Waals surface area contributed by atoms with Crippen molar-refractivity contribution in [3.8, 4) is 0 Å². The van der Waals surface area contributed by atoms with Crippen LogP contribution in [0.1, 0.15) is 25.5 Å². The summed E-state index contributed by atoms with van der Waals surface area (Å²) in [6, 6.07) is 3.08. The Bertz CT molecular complexity index is 399. The fourth-order valence-corrected chi connectivity index (χ4v) is 1.90. The minimum Gasteiger partial charge on any atom is -0.377 e. The van der Waals surface area contributed by atoms with Crippen molar-refractivity contribution in [2.45, 2.75) is 26.0 Å². The number of nitrogens with two attached hydrogens (primary N) is 1. The van der Waals surface area contributed by atoms with Crippen LogP contribution >= 0.6 is 0 Å². The van der Waals surface area contributed by atoms with Gasteiger partial charge in [-0.25, -0.2) is 8.78 Å². The number of hydrogen-bond donors (Lipinski definition) is 1. The van der Waals surface area contributed by atoms with Gasteiger partial charge in [0.15, 0.2) is 0 Å². The number of ether oxygens (including phenoxy) is 1. The molecule has 5 heteroatoms. The lowest BCUT2D eigenvalue weighted by molar-refractivity contribution is 0.0561. The van der Waals surface area contributed by atoms with Gasteiger partial charge in [0.2, 0.25) is 0 Å². The third-order valence-corrected chi connectivity index (χ3v) is 2.97. The highest BCUT2D eigenvalue weighted by atomic mass is 19.1. The lowest BCUT2D eigenvalue weighted by Gasteiger charge is -2.27. The fourth-order valence-electron chi connectivity index (χ4n) is 1.90. The Morgan fingerprint density at radius 2 is 2.00 bits per heavy atom. The maximum atomic E-state index is 13.7. The summed E-state index contributed by atoms with van der Waals surface area (Å²) in [5.41, 5.74) is 5.97. The SMILES string of the molecule is CC(C)OCCN(C)C(CN)c1cc(F)ccc1F. The summed E-state index contributed by atoms with van der Waals surface area (Å²) < 4.78 is 32.4. The predicted molar refractivity (Wildman–Crippen MR) is 71.9 cm³/mol. The summed E-state index contributed by atoms with van der Waals surface area (Å²) in [6.45, 7) is 5.26. The average molecular weight is 272 g/mol. The molecule has 0 aliphatic carbocycles. The van der Waals surface area contributed by atoms with E-state index in [0.717, 1.165) is 12.1 Å². The van der Waals surface area contributed by atoms with E-state index >= 15 is 0 Å². The van der Waals surface area contributed by atoms with E-state index in [0.29, 0.717) is 13.2 Å². The predicted octanol–water partition coefficient (Wildman–Crippen LogP) is 2.32. The first-order valence-electron chi connectivity index (χ1n) is 6.42. The highest BCUT2D eigenvalue weighted by Gasteiger charge is 2.19. The van der Waals surface area contributed by atoms with Crippen LogP contribution in [0.3, 0.4) is 0 Å². The molecule has 0 heterocycles. The third kappa shape index (κ3) is 4.86. The largest absolute Gasteiger partial charge is 0.377 e. The molecule has 0 radical (unpaired) electrons. The smallest absolute Gasteiger partial charge is 0.128 e. The summed E-state index contributed by atoms with van der Waals surface area (Å²) >= 11 is 0. The van der Waals surface area contributed by atoms with Crippen LogP contribution < -0.4 is 5.73 Å². The number of benzene rings is 1. The molecule has 0 aliphatic heterocycles. The second-order valence-electron chi connectivity index (χ2n) is 4.82. The molecule has 19 heavy (non-hydrogen) atoms. The monoisotopic (exact) mass is 272 g/mol. The van der Waals surface area contributed by atoms with Crippen LogP contribution in [-0.4, -0.2) is 37.7 Å². The van der Waals surface area contributed by atoms with E-state index in [-0.39, 0.29) is 24.3 Å². The number of rotatable bonds is 7. The summed E-state index contributed by atoms with van der Waals surface area (Å²) in [6.07, 6.45) is 0.149. The van der Waals surface area contributed by atoms with Gasteiger partial charge < -0.3 is 10.5 Å². The van der Waals surface area contributed by atoms with Gasteiger partial charge in [0.05, 0.1) is 12.7 Å². The lowest BCUT2D eigenvalue weighted by Crippen LogP contribution is -2.34. The molecule has 1 unspecified atom stereocenters. The molecular formula is C14H22F2N2O. The molecule has 0 aromatic heterocycles. The van der Waals surface area contributed by atoms with Gasteiger partial charge in [-0.15, -0.1) is 0 Å². The van der Waals surface area contributed by atoms with E-state index in [1.807, 2.05) is 25.8 Å². The van der Waals surface area contributed by atoms with Gasteiger partial charge in [-0.05, 0) is 39.1 Å². The van der Waals surface area contributed by atoms with Crippen LogP contribution in [0.2, 0.25) is 0 Å². The first-order valence-corrected chi connectivity index (χ1v) is 6.42. The third-order valence-electron chi connectivity index (χ3n) is 2.97. The van der Waals surface area contributed by atoms with E-state index in [2.05, 4.69) is 0 Å². The molecule has 108 valence electrons. The number of nitrogens with zero attached hydrogens (tertiary/aromatic N) is 1. The summed E-state index contributed by atoms with van der Waals surface area (Å²) in [5, 5.41) is 0. The molecule has 0 bridgehead atoms. The molecule has 0 spiro atoms. The number of hydrogen-bond acceptors (Lipinski definition) is 3. The van der Waals surface area contributed by atoms with Crippen LogP contribution in [0.25, 0.3) is 0 Å². The van der Waals surface area contributed by atoms with E-state index < -0.39 is 11.6 Å². The quantitative estimate of drug-likeness (QED) is 0.828. The Morgan fingerprint density at radius 3 is 2.58 bits per heavy atom. The first-order chi connectivity index (χ1) is 8.95. The van der Waals surface area contributed by atoms with Crippen LogP contribution in [0, 0.1) is 11.6 Å². The van der Waals surface area contributed by atoms with Crippen molar-refractivity contribution < 1.29 is 13.5 Å². The van der Waals surface area contributed by atoms with Crippen molar-refractivity contribution in [2.75, 3.05) is 26.7 Å². The van der Waals surface area contributed by atoms with Crippen molar-refractivity contribution in [3.05, 3.63) is 35.4 Å². The van der Waals surface area contributed by atoms with Crippen molar-refractivity contribution in [3.63, 3.8) is 0 Å². The van der Waals surface area contributed by atoms with Crippen molar-refractivity contribution in [2.24, 2.45) is 5.73 Å². The van der Waals surface area contributed by atoms with Crippen LogP contribution in [0.5, 0.6) is 0 Å². The van der Waals surface area contributed by atoms with Crippen LogP contribution in [-0.2, 0) is 4.74 Å². The zero-order valence-electron chi connectivity index (χ0n) is 11.7. The highest BCUT2D eigenvalue weighted by Crippen LogP contribution is 2.22. The summed E-state index contributed by atoms with van der Waals surface area (Å²) in [5.74, 6) is -0.893. The molecule has 1 aromatic carbocycles. The number of likely N-dealkylation sites (N-methyl/N-ethyl adjacent to an activating group) is 1. The molecular weight excluding hydrogens is 250 g/mol.